The van der Waals surface area contributed by atoms with Gasteiger partial charge in [0.2, 0.25) is 12.3 Å². The summed E-state index contributed by atoms with van der Waals surface area (Å²) >= 11 is 0. The number of hydrogen-bond acceptors (Lipinski definition) is 5. The normalized spacial score (nSPS) is 11.2. The van der Waals surface area contributed by atoms with Crippen molar-refractivity contribution in [3.8, 4) is 5.75 Å². The van der Waals surface area contributed by atoms with Crippen LogP contribution in [0.15, 0.2) is 24.3 Å². The minimum absolute atomic E-state index is 0.0695. The van der Waals surface area contributed by atoms with Crippen LogP contribution in [-0.2, 0) is 25.5 Å². The Labute approximate surface area is 115 Å². The van der Waals surface area contributed by atoms with Crippen molar-refractivity contribution in [3.63, 3.8) is 0 Å². The number of methoxy groups -OCH3 is 1. The second-order valence-electron chi connectivity index (χ2n) is 4.02. The van der Waals surface area contributed by atoms with Gasteiger partial charge in [0.25, 0.3) is 0 Å². The number of phenolic OH excluding ortho intramolecular Hbond substituents is 1. The van der Waals surface area contributed by atoms with Crippen LogP contribution in [0.1, 0.15) is 5.56 Å². The van der Waals surface area contributed by atoms with Crippen LogP contribution in [0.3, 0.4) is 0 Å². The van der Waals surface area contributed by atoms with Crippen molar-refractivity contribution in [3.05, 3.63) is 29.8 Å². The number of ether oxygens (including phenoxy) is 1. The van der Waals surface area contributed by atoms with Crippen molar-refractivity contribution in [2.45, 2.75) is 12.5 Å². The van der Waals surface area contributed by atoms with Crippen LogP contribution in [0.4, 0.5) is 0 Å². The molecule has 0 aliphatic carbocycles. The average molecular weight is 280 g/mol. The molecule has 108 valence electrons. The second-order valence-corrected chi connectivity index (χ2v) is 4.02. The van der Waals surface area contributed by atoms with Gasteiger partial charge in [-0.25, -0.2) is 4.79 Å². The molecule has 0 bridgehead atoms. The largest absolute Gasteiger partial charge is 0.508 e. The predicted octanol–water partition coefficient (Wildman–Crippen LogP) is -0.662. The van der Waals surface area contributed by atoms with Crippen LogP contribution in [0.5, 0.6) is 5.75 Å². The number of esters is 1. The summed E-state index contributed by atoms with van der Waals surface area (Å²) < 4.78 is 4.61. The summed E-state index contributed by atoms with van der Waals surface area (Å²) in [7, 11) is 1.22. The SMILES string of the molecule is COC(=O)C(Cc1cccc(O)c1)NC(=O)CNC=O. The molecule has 1 atom stereocenters. The molecule has 1 rings (SSSR count). The predicted molar refractivity (Wildman–Crippen MR) is 69.8 cm³/mol. The summed E-state index contributed by atoms with van der Waals surface area (Å²) in [5.74, 6) is -1.04. The number of benzene rings is 1. The van der Waals surface area contributed by atoms with E-state index in [9.17, 15) is 19.5 Å². The van der Waals surface area contributed by atoms with Crippen molar-refractivity contribution in [2.75, 3.05) is 13.7 Å². The number of hydrogen-bond donors (Lipinski definition) is 3. The lowest BCUT2D eigenvalue weighted by Crippen LogP contribution is -2.46. The van der Waals surface area contributed by atoms with Gasteiger partial charge in [0.15, 0.2) is 0 Å². The first-order valence-electron chi connectivity index (χ1n) is 5.89. The van der Waals surface area contributed by atoms with E-state index in [-0.39, 0.29) is 18.7 Å². The third kappa shape index (κ3) is 4.97. The van der Waals surface area contributed by atoms with Crippen LogP contribution in [0, 0.1) is 0 Å². The topological polar surface area (TPSA) is 105 Å². The lowest BCUT2D eigenvalue weighted by atomic mass is 10.1. The summed E-state index contributed by atoms with van der Waals surface area (Å²) in [6.45, 7) is -0.225. The fourth-order valence-corrected chi connectivity index (χ4v) is 1.63. The van der Waals surface area contributed by atoms with E-state index in [2.05, 4.69) is 15.4 Å². The van der Waals surface area contributed by atoms with Gasteiger partial charge in [-0.05, 0) is 17.7 Å². The van der Waals surface area contributed by atoms with Gasteiger partial charge in [-0.2, -0.15) is 0 Å². The van der Waals surface area contributed by atoms with E-state index in [1.165, 1.54) is 19.2 Å². The molecule has 7 heteroatoms. The molecule has 7 nitrogen and oxygen atoms in total. The Morgan fingerprint density at radius 2 is 2.20 bits per heavy atom. The first-order valence-corrected chi connectivity index (χ1v) is 5.89. The van der Waals surface area contributed by atoms with E-state index in [0.717, 1.165) is 0 Å². The zero-order chi connectivity index (χ0) is 15.0. The molecular formula is C13H16N2O5. The van der Waals surface area contributed by atoms with E-state index >= 15 is 0 Å². The summed E-state index contributed by atoms with van der Waals surface area (Å²) in [5, 5.41) is 14.0. The van der Waals surface area contributed by atoms with E-state index in [1.807, 2.05) is 0 Å². The highest BCUT2D eigenvalue weighted by Gasteiger charge is 2.21. The molecule has 1 aromatic carbocycles. The first-order chi connectivity index (χ1) is 9.56. The summed E-state index contributed by atoms with van der Waals surface area (Å²) in [6.07, 6.45) is 0.565. The highest BCUT2D eigenvalue weighted by Crippen LogP contribution is 2.13. The fourth-order valence-electron chi connectivity index (χ4n) is 1.63. The number of phenols is 1. The van der Waals surface area contributed by atoms with E-state index in [4.69, 9.17) is 0 Å². The maximum absolute atomic E-state index is 11.6. The minimum Gasteiger partial charge on any atom is -0.508 e. The van der Waals surface area contributed by atoms with Crippen LogP contribution in [0.2, 0.25) is 0 Å². The molecule has 0 saturated heterocycles. The standard InChI is InChI=1S/C13H16N2O5/c1-20-13(19)11(15-12(18)7-14-8-16)6-9-3-2-4-10(17)5-9/h2-5,8,11,17H,6-7H2,1H3,(H,14,16)(H,15,18). The molecule has 0 saturated carbocycles. The number of carbonyl (C=O) groups excluding carboxylic acids is 3. The van der Waals surface area contributed by atoms with Crippen molar-refractivity contribution in [1.82, 2.24) is 10.6 Å². The number of rotatable bonds is 7. The molecule has 0 heterocycles. The Balaban J connectivity index is 2.72. The van der Waals surface area contributed by atoms with E-state index in [1.54, 1.807) is 12.1 Å². The first kappa shape index (κ1) is 15.5. The quantitative estimate of drug-likeness (QED) is 0.454. The summed E-state index contributed by atoms with van der Waals surface area (Å²) in [4.78, 5) is 33.2. The van der Waals surface area contributed by atoms with Crippen molar-refractivity contribution >= 4 is 18.3 Å². The Bertz CT molecular complexity index is 489. The zero-order valence-corrected chi connectivity index (χ0v) is 11.0. The smallest absolute Gasteiger partial charge is 0.328 e. The third-order valence-corrected chi connectivity index (χ3v) is 2.52. The van der Waals surface area contributed by atoms with E-state index < -0.39 is 17.9 Å². The van der Waals surface area contributed by atoms with Crippen LogP contribution in [-0.4, -0.2) is 43.1 Å². The van der Waals surface area contributed by atoms with Gasteiger partial charge in [-0.15, -0.1) is 0 Å². The molecule has 0 radical (unpaired) electrons. The third-order valence-electron chi connectivity index (χ3n) is 2.52. The molecule has 1 aromatic rings. The van der Waals surface area contributed by atoms with Crippen LogP contribution >= 0.6 is 0 Å². The Morgan fingerprint density at radius 3 is 2.80 bits per heavy atom. The van der Waals surface area contributed by atoms with Gasteiger partial charge >= 0.3 is 5.97 Å². The highest BCUT2D eigenvalue weighted by atomic mass is 16.5. The highest BCUT2D eigenvalue weighted by molar-refractivity contribution is 5.86. The van der Waals surface area contributed by atoms with E-state index in [0.29, 0.717) is 12.0 Å². The van der Waals surface area contributed by atoms with Gasteiger partial charge < -0.3 is 20.5 Å². The lowest BCUT2D eigenvalue weighted by Gasteiger charge is -2.16. The van der Waals surface area contributed by atoms with Crippen molar-refractivity contribution in [1.29, 1.82) is 0 Å². The van der Waals surface area contributed by atoms with Crippen LogP contribution in [0.25, 0.3) is 0 Å². The van der Waals surface area contributed by atoms with Gasteiger partial charge in [0.1, 0.15) is 11.8 Å². The van der Waals surface area contributed by atoms with Crippen molar-refractivity contribution < 1.29 is 24.2 Å². The monoisotopic (exact) mass is 280 g/mol. The molecule has 2 amide bonds. The maximum atomic E-state index is 11.6. The van der Waals surface area contributed by atoms with Gasteiger partial charge in [0.05, 0.1) is 13.7 Å². The Hall–Kier alpha value is -2.57. The number of nitrogens with one attached hydrogen (secondary N) is 2. The Kier molecular flexibility index (Phi) is 6.02. The van der Waals surface area contributed by atoms with Gasteiger partial charge in [0, 0.05) is 6.42 Å². The number of aromatic hydroxyl groups is 1. The minimum atomic E-state index is -0.886. The molecule has 0 spiro atoms. The molecule has 20 heavy (non-hydrogen) atoms. The molecule has 0 fully saturated rings. The number of amides is 2. The molecule has 1 unspecified atom stereocenters. The number of carbonyl (C=O) groups is 3. The lowest BCUT2D eigenvalue weighted by molar-refractivity contribution is -0.144. The summed E-state index contributed by atoms with van der Waals surface area (Å²) in [5.41, 5.74) is 0.670. The fraction of sp³-hybridized carbons (Fsp3) is 0.308. The average Bonchev–Trinajstić information content (AvgIpc) is 2.43. The molecule has 0 aliphatic rings. The molecular weight excluding hydrogens is 264 g/mol. The van der Waals surface area contributed by atoms with Crippen molar-refractivity contribution in [2.24, 2.45) is 0 Å². The Morgan fingerprint density at radius 1 is 1.45 bits per heavy atom. The van der Waals surface area contributed by atoms with Gasteiger partial charge in [-0.1, -0.05) is 12.1 Å². The van der Waals surface area contributed by atoms with Gasteiger partial charge in [-0.3, -0.25) is 9.59 Å². The molecule has 0 aliphatic heterocycles. The molecule has 3 N–H and O–H groups in total. The maximum Gasteiger partial charge on any atom is 0.328 e. The molecule has 0 aromatic heterocycles. The zero-order valence-electron chi connectivity index (χ0n) is 11.0. The second kappa shape index (κ2) is 7.78. The van der Waals surface area contributed by atoms with Crippen LogP contribution < -0.4 is 10.6 Å². The summed E-state index contributed by atoms with van der Waals surface area (Å²) in [6, 6.07) is 5.46.